The summed E-state index contributed by atoms with van der Waals surface area (Å²) in [5.74, 6) is -3.84. The molecule has 6 rings (SSSR count). The first-order valence-electron chi connectivity index (χ1n) is 18.2. The van der Waals surface area contributed by atoms with Crippen LogP contribution in [-0.2, 0) is 12.8 Å². The third kappa shape index (κ3) is 7.68. The third-order valence-electron chi connectivity index (χ3n) is 10.1. The van der Waals surface area contributed by atoms with Gasteiger partial charge < -0.3 is 68.6 Å². The molecule has 6 aromatic rings. The van der Waals surface area contributed by atoms with E-state index in [2.05, 4.69) is 6.58 Å². The van der Waals surface area contributed by atoms with E-state index in [9.17, 15) is 50.4 Å². The maximum Gasteiger partial charge on any atom is 0.239 e. The van der Waals surface area contributed by atoms with E-state index in [0.29, 0.717) is 11.1 Å². The molecule has 8 N–H and O–H groups in total. The number of phenols is 6. The monoisotopic (exact) mass is 826 g/mol. The minimum Gasteiger partial charge on any atom is -0.508 e. The summed E-state index contributed by atoms with van der Waals surface area (Å²) in [6.07, 6.45) is -0.742. The average Bonchev–Trinajstić information content (AvgIpc) is 3.21. The molecule has 2 heterocycles. The number of aliphatic hydroxyl groups is 2. The van der Waals surface area contributed by atoms with Gasteiger partial charge in [-0.15, -0.1) is 0 Å². The Bertz CT molecular complexity index is 2810. The van der Waals surface area contributed by atoms with Crippen LogP contribution in [0.15, 0.2) is 90.8 Å². The first-order valence-corrected chi connectivity index (χ1v) is 18.2. The predicted molar refractivity (Wildman–Crippen MR) is 219 cm³/mol. The highest BCUT2D eigenvalue weighted by Crippen LogP contribution is 2.45. The Balaban J connectivity index is 1.19. The summed E-state index contributed by atoms with van der Waals surface area (Å²) in [7, 11) is 4.90. The molecule has 0 saturated carbocycles. The second-order valence-corrected chi connectivity index (χ2v) is 13.8. The Kier molecular flexibility index (Phi) is 11.9. The second-order valence-electron chi connectivity index (χ2n) is 13.8. The number of hydrogen-bond acceptors (Lipinski definition) is 16. The SMILES string of the molecule is C=C(C/C=C(\C)C(O)Cc1cc(-c2oc3cc(O)c(OC)c(O)c3c(=O)c2OC)ccc1O)C(O)Cc1cc(-c2oc3cc(O)c(OC)c(O)c3c(=O)c2OC)ccc1O. The summed E-state index contributed by atoms with van der Waals surface area (Å²) >= 11 is 0. The van der Waals surface area contributed by atoms with Crippen molar-refractivity contribution in [3.63, 3.8) is 0 Å². The van der Waals surface area contributed by atoms with Crippen LogP contribution in [0.3, 0.4) is 0 Å². The van der Waals surface area contributed by atoms with Gasteiger partial charge in [-0.25, -0.2) is 0 Å². The van der Waals surface area contributed by atoms with Crippen LogP contribution in [0.5, 0.6) is 57.5 Å². The highest BCUT2D eigenvalue weighted by atomic mass is 16.5. The van der Waals surface area contributed by atoms with Crippen LogP contribution in [0.1, 0.15) is 24.5 Å². The van der Waals surface area contributed by atoms with Gasteiger partial charge in [-0.1, -0.05) is 12.7 Å². The van der Waals surface area contributed by atoms with Gasteiger partial charge in [-0.3, -0.25) is 9.59 Å². The molecule has 4 aromatic carbocycles. The largest absolute Gasteiger partial charge is 0.508 e. The van der Waals surface area contributed by atoms with Crippen LogP contribution in [-0.4, -0.2) is 81.5 Å². The van der Waals surface area contributed by atoms with Crippen LogP contribution >= 0.6 is 0 Å². The maximum atomic E-state index is 13.4. The molecule has 2 aromatic heterocycles. The number of hydrogen-bond donors (Lipinski definition) is 8. The lowest BCUT2D eigenvalue weighted by atomic mass is 9.95. The number of methoxy groups -OCH3 is 4. The Hall–Kier alpha value is -7.30. The molecule has 314 valence electrons. The zero-order valence-electron chi connectivity index (χ0n) is 33.0. The molecule has 0 amide bonds. The zero-order valence-corrected chi connectivity index (χ0v) is 33.0. The van der Waals surface area contributed by atoms with Crippen molar-refractivity contribution in [3.8, 4) is 80.1 Å². The van der Waals surface area contributed by atoms with Crippen LogP contribution in [0, 0.1) is 0 Å². The van der Waals surface area contributed by atoms with E-state index < -0.39 is 46.1 Å². The first kappa shape index (κ1) is 42.3. The number of allylic oxidation sites excluding steroid dienone is 1. The van der Waals surface area contributed by atoms with Crippen LogP contribution in [0.4, 0.5) is 0 Å². The van der Waals surface area contributed by atoms with Crippen molar-refractivity contribution in [2.75, 3.05) is 28.4 Å². The van der Waals surface area contributed by atoms with Crippen molar-refractivity contribution in [2.45, 2.75) is 38.4 Å². The van der Waals surface area contributed by atoms with Crippen molar-refractivity contribution in [2.24, 2.45) is 0 Å². The van der Waals surface area contributed by atoms with E-state index in [1.165, 1.54) is 64.8 Å². The molecular formula is C44H42O16. The van der Waals surface area contributed by atoms with Crippen molar-refractivity contribution < 1.29 is 68.6 Å². The number of rotatable bonds is 14. The normalized spacial score (nSPS) is 12.7. The van der Waals surface area contributed by atoms with Gasteiger partial charge >= 0.3 is 0 Å². The van der Waals surface area contributed by atoms with E-state index in [1.54, 1.807) is 13.0 Å². The Labute approximate surface area is 340 Å². The quantitative estimate of drug-likeness (QED) is 0.0595. The minimum atomic E-state index is -1.18. The lowest BCUT2D eigenvalue weighted by molar-refractivity contribution is 0.205. The summed E-state index contributed by atoms with van der Waals surface area (Å²) in [6.45, 7) is 5.64. The fourth-order valence-corrected chi connectivity index (χ4v) is 6.79. The summed E-state index contributed by atoms with van der Waals surface area (Å²) in [6, 6.07) is 10.8. The smallest absolute Gasteiger partial charge is 0.239 e. The van der Waals surface area contributed by atoms with Gasteiger partial charge in [-0.2, -0.15) is 0 Å². The lowest BCUT2D eigenvalue weighted by Gasteiger charge is -2.17. The summed E-state index contributed by atoms with van der Waals surface area (Å²) in [4.78, 5) is 26.8. The summed E-state index contributed by atoms with van der Waals surface area (Å²) in [5, 5.41) is 85.0. The van der Waals surface area contributed by atoms with Crippen LogP contribution in [0.2, 0.25) is 0 Å². The van der Waals surface area contributed by atoms with Crippen molar-refractivity contribution in [3.05, 3.63) is 104 Å². The molecule has 0 aliphatic heterocycles. The number of benzene rings is 4. The van der Waals surface area contributed by atoms with Gasteiger partial charge in [0.2, 0.25) is 33.9 Å². The summed E-state index contributed by atoms with van der Waals surface area (Å²) in [5.41, 5.74) is 0.0923. The molecule has 60 heavy (non-hydrogen) atoms. The molecule has 0 spiro atoms. The minimum absolute atomic E-state index is 0.0635. The number of fused-ring (bicyclic) bond motifs is 2. The molecule has 0 fully saturated rings. The van der Waals surface area contributed by atoms with Crippen molar-refractivity contribution >= 4 is 21.9 Å². The van der Waals surface area contributed by atoms with Gasteiger partial charge in [0.05, 0.1) is 40.6 Å². The molecule has 16 nitrogen and oxygen atoms in total. The number of phenolic OH excluding ortho intramolecular Hbond substituents is 6. The third-order valence-corrected chi connectivity index (χ3v) is 10.1. The highest BCUT2D eigenvalue weighted by Gasteiger charge is 2.26. The molecule has 2 atom stereocenters. The molecule has 0 bridgehead atoms. The zero-order chi connectivity index (χ0) is 43.7. The topological polar surface area (TPSA) is 259 Å². The van der Waals surface area contributed by atoms with E-state index in [-0.39, 0.29) is 109 Å². The highest BCUT2D eigenvalue weighted by molar-refractivity contribution is 5.92. The molecule has 16 heteroatoms. The van der Waals surface area contributed by atoms with Gasteiger partial charge in [0, 0.05) is 36.1 Å². The van der Waals surface area contributed by atoms with E-state index in [4.69, 9.17) is 27.8 Å². The van der Waals surface area contributed by atoms with E-state index in [1.807, 2.05) is 0 Å². The van der Waals surface area contributed by atoms with Gasteiger partial charge in [0.15, 0.2) is 34.5 Å². The molecule has 0 aliphatic rings. The average molecular weight is 827 g/mol. The fourth-order valence-electron chi connectivity index (χ4n) is 6.79. The molecular weight excluding hydrogens is 784 g/mol. The van der Waals surface area contributed by atoms with Crippen LogP contribution in [0.25, 0.3) is 44.6 Å². The maximum absolute atomic E-state index is 13.4. The molecule has 2 unspecified atom stereocenters. The van der Waals surface area contributed by atoms with Gasteiger partial charge in [0.1, 0.15) is 33.4 Å². The van der Waals surface area contributed by atoms with E-state index >= 15 is 0 Å². The summed E-state index contributed by atoms with van der Waals surface area (Å²) < 4.78 is 32.5. The number of ether oxygens (including phenoxy) is 4. The molecule has 0 radical (unpaired) electrons. The molecule has 0 aliphatic carbocycles. The first-order chi connectivity index (χ1) is 28.5. The Morgan fingerprint density at radius 3 is 1.42 bits per heavy atom. The van der Waals surface area contributed by atoms with Gasteiger partial charge in [0.25, 0.3) is 0 Å². The van der Waals surface area contributed by atoms with Crippen molar-refractivity contribution in [1.29, 1.82) is 0 Å². The predicted octanol–water partition coefficient (Wildman–Crippen LogP) is 5.90. The standard InChI is InChI=1S/C44H42O16/c1-19(27(47)15-23-13-21(9-11-25(23)45)39-43(57-5)37(53)33-31(59-39)17-29(49)41(55-3)35(33)51)7-8-20(2)28(48)16-24-14-22(10-12-26(24)46)40-44(58-6)38(54)34-32(60-40)18-30(50)42(56-4)36(34)52/h8-14,17-18,27-28,45-52H,1,7,15-16H2,2-6H3/b20-8+. The Morgan fingerprint density at radius 1 is 0.617 bits per heavy atom. The fraction of sp³-hybridized carbons (Fsp3) is 0.227. The Morgan fingerprint density at radius 2 is 1.02 bits per heavy atom. The van der Waals surface area contributed by atoms with Gasteiger partial charge in [-0.05, 0) is 72.0 Å². The number of aliphatic hydroxyl groups excluding tert-OH is 2. The van der Waals surface area contributed by atoms with E-state index in [0.717, 1.165) is 12.1 Å². The van der Waals surface area contributed by atoms with Crippen molar-refractivity contribution in [1.82, 2.24) is 0 Å². The second kappa shape index (κ2) is 16.9. The lowest BCUT2D eigenvalue weighted by Crippen LogP contribution is -2.15. The number of aromatic hydroxyl groups is 6. The van der Waals surface area contributed by atoms with Crippen LogP contribution < -0.4 is 29.8 Å². The molecule has 0 saturated heterocycles.